The molecule has 0 aliphatic rings. The van der Waals surface area contributed by atoms with Crippen molar-refractivity contribution in [2.75, 3.05) is 0 Å². The van der Waals surface area contributed by atoms with Crippen molar-refractivity contribution in [3.05, 3.63) is 5.92 Å². The second-order valence-electron chi connectivity index (χ2n) is 4.67. The Morgan fingerprint density at radius 3 is 1.87 bits per heavy atom. The van der Waals surface area contributed by atoms with Crippen LogP contribution < -0.4 is 0 Å². The third-order valence-electron chi connectivity index (χ3n) is 3.63. The van der Waals surface area contributed by atoms with Crippen LogP contribution in [0.5, 0.6) is 0 Å². The summed E-state index contributed by atoms with van der Waals surface area (Å²) >= 11 is 0. The summed E-state index contributed by atoms with van der Waals surface area (Å²) in [7, 11) is 0. The van der Waals surface area contributed by atoms with E-state index in [0.717, 1.165) is 5.92 Å². The molecule has 0 saturated carbocycles. The number of unbranched alkanes of at least 4 members (excludes halogenated alkanes) is 4. The Hall–Kier alpha value is 0. The predicted molar refractivity (Wildman–Crippen MR) is 71.0 cm³/mol. The highest BCUT2D eigenvalue weighted by molar-refractivity contribution is 4.93. The van der Waals surface area contributed by atoms with E-state index in [4.69, 9.17) is 0 Å². The maximum absolute atomic E-state index is 2.35. The van der Waals surface area contributed by atoms with E-state index in [-0.39, 0.29) is 0 Å². The molecule has 0 saturated heterocycles. The van der Waals surface area contributed by atoms with Gasteiger partial charge >= 0.3 is 0 Å². The molecule has 0 rings (SSSR count). The van der Waals surface area contributed by atoms with Gasteiger partial charge in [-0.3, -0.25) is 0 Å². The van der Waals surface area contributed by atoms with Crippen LogP contribution >= 0.6 is 0 Å². The third kappa shape index (κ3) is 6.98. The van der Waals surface area contributed by atoms with Crippen LogP contribution in [0.4, 0.5) is 0 Å². The molecule has 0 nitrogen and oxygen atoms in total. The summed E-state index contributed by atoms with van der Waals surface area (Å²) in [4.78, 5) is 0. The Morgan fingerprint density at radius 2 is 1.40 bits per heavy atom. The molecule has 0 N–H and O–H groups in total. The van der Waals surface area contributed by atoms with Crippen molar-refractivity contribution in [1.29, 1.82) is 0 Å². The Morgan fingerprint density at radius 1 is 0.800 bits per heavy atom. The lowest BCUT2D eigenvalue weighted by Crippen LogP contribution is -2.10. The van der Waals surface area contributed by atoms with Crippen LogP contribution in [0.3, 0.4) is 0 Å². The zero-order chi connectivity index (χ0) is 11.5. The summed E-state index contributed by atoms with van der Waals surface area (Å²) in [6.45, 7) is 9.27. The van der Waals surface area contributed by atoms with Gasteiger partial charge in [-0.1, -0.05) is 66.2 Å². The second kappa shape index (κ2) is 10.5. The Bertz CT molecular complexity index is 113. The number of hydrogen-bond acceptors (Lipinski definition) is 0. The molecule has 15 heavy (non-hydrogen) atoms. The van der Waals surface area contributed by atoms with E-state index in [1.54, 1.807) is 5.92 Å². The zero-order valence-electron chi connectivity index (χ0n) is 11.4. The van der Waals surface area contributed by atoms with Crippen molar-refractivity contribution < 1.29 is 0 Å². The number of rotatable bonds is 10. The second-order valence-corrected chi connectivity index (χ2v) is 4.67. The fourth-order valence-electron chi connectivity index (χ4n) is 2.52. The number of hydrogen-bond donors (Lipinski definition) is 0. The van der Waals surface area contributed by atoms with Gasteiger partial charge in [-0.15, -0.1) is 0 Å². The van der Waals surface area contributed by atoms with Gasteiger partial charge in [-0.2, -0.15) is 0 Å². The molecule has 0 aliphatic carbocycles. The van der Waals surface area contributed by atoms with Gasteiger partial charge in [0.05, 0.1) is 0 Å². The molecule has 91 valence electrons. The molecular formula is C15H31. The van der Waals surface area contributed by atoms with E-state index in [9.17, 15) is 0 Å². The molecule has 1 radical (unpaired) electrons. The van der Waals surface area contributed by atoms with E-state index < -0.39 is 0 Å². The average Bonchev–Trinajstić information content (AvgIpc) is 2.27. The summed E-state index contributed by atoms with van der Waals surface area (Å²) in [5.74, 6) is 2.72. The summed E-state index contributed by atoms with van der Waals surface area (Å²) in [5, 5.41) is 0. The molecule has 0 aromatic heterocycles. The smallest absolute Gasteiger partial charge is 0.0216 e. The van der Waals surface area contributed by atoms with Gasteiger partial charge in [0.15, 0.2) is 0 Å². The van der Waals surface area contributed by atoms with E-state index in [1.807, 2.05) is 0 Å². The molecule has 0 heterocycles. The Balaban J connectivity index is 3.60. The lowest BCUT2D eigenvalue weighted by Gasteiger charge is -2.23. The summed E-state index contributed by atoms with van der Waals surface area (Å²) in [6.07, 6.45) is 12.5. The zero-order valence-corrected chi connectivity index (χ0v) is 11.4. The van der Waals surface area contributed by atoms with E-state index in [2.05, 4.69) is 27.7 Å². The van der Waals surface area contributed by atoms with Gasteiger partial charge in [-0.05, 0) is 31.1 Å². The third-order valence-corrected chi connectivity index (χ3v) is 3.63. The van der Waals surface area contributed by atoms with Gasteiger partial charge in [0.2, 0.25) is 0 Å². The van der Waals surface area contributed by atoms with Crippen molar-refractivity contribution >= 4 is 0 Å². The summed E-state index contributed by atoms with van der Waals surface area (Å²) in [5.41, 5.74) is 0. The minimum atomic E-state index is 0.918. The first-order valence-corrected chi connectivity index (χ1v) is 7.14. The standard InChI is InChI=1S/C15H31/c1-5-9-10-11-12-13-15(8-4)14(6-2)7-3/h15H,5-13H2,1-4H3. The molecule has 0 aromatic carbocycles. The molecular weight excluding hydrogens is 180 g/mol. The predicted octanol–water partition coefficient (Wildman–Crippen LogP) is 5.77. The fourth-order valence-corrected chi connectivity index (χ4v) is 2.52. The largest absolute Gasteiger partial charge is 0.0654 e. The van der Waals surface area contributed by atoms with Crippen molar-refractivity contribution in [3.63, 3.8) is 0 Å². The van der Waals surface area contributed by atoms with Crippen LogP contribution in [0.2, 0.25) is 0 Å². The monoisotopic (exact) mass is 211 g/mol. The summed E-state index contributed by atoms with van der Waals surface area (Å²) in [6, 6.07) is 0. The Labute approximate surface area is 97.8 Å². The molecule has 0 heteroatoms. The highest BCUT2D eigenvalue weighted by Crippen LogP contribution is 2.29. The first-order chi connectivity index (χ1) is 7.29. The van der Waals surface area contributed by atoms with Crippen molar-refractivity contribution in [1.82, 2.24) is 0 Å². The van der Waals surface area contributed by atoms with Crippen molar-refractivity contribution in [2.45, 2.75) is 85.5 Å². The maximum Gasteiger partial charge on any atom is -0.0216 e. The molecule has 0 amide bonds. The lowest BCUT2D eigenvalue weighted by atomic mass is 9.82. The van der Waals surface area contributed by atoms with Crippen LogP contribution in [0.1, 0.15) is 85.5 Å². The average molecular weight is 211 g/mol. The minimum Gasteiger partial charge on any atom is -0.0654 e. The van der Waals surface area contributed by atoms with E-state index in [1.165, 1.54) is 57.8 Å². The SMILES string of the molecule is CCCCCCCC(CC)[C](CC)CC. The van der Waals surface area contributed by atoms with Gasteiger partial charge in [0, 0.05) is 0 Å². The van der Waals surface area contributed by atoms with Gasteiger partial charge in [0.1, 0.15) is 0 Å². The van der Waals surface area contributed by atoms with Crippen LogP contribution in [0, 0.1) is 11.8 Å². The van der Waals surface area contributed by atoms with Gasteiger partial charge in [-0.25, -0.2) is 0 Å². The van der Waals surface area contributed by atoms with Crippen molar-refractivity contribution in [3.8, 4) is 0 Å². The van der Waals surface area contributed by atoms with Crippen LogP contribution in [0.25, 0.3) is 0 Å². The topological polar surface area (TPSA) is 0 Å². The van der Waals surface area contributed by atoms with Crippen LogP contribution in [0.15, 0.2) is 0 Å². The fraction of sp³-hybridized carbons (Fsp3) is 0.933. The first-order valence-electron chi connectivity index (χ1n) is 7.14. The molecule has 0 spiro atoms. The highest BCUT2D eigenvalue weighted by atomic mass is 14.2. The summed E-state index contributed by atoms with van der Waals surface area (Å²) < 4.78 is 0. The maximum atomic E-state index is 2.35. The first kappa shape index (κ1) is 15.0. The quantitative estimate of drug-likeness (QED) is 0.402. The molecule has 0 aliphatic heterocycles. The van der Waals surface area contributed by atoms with E-state index in [0.29, 0.717) is 0 Å². The lowest BCUT2D eigenvalue weighted by molar-refractivity contribution is 0.424. The van der Waals surface area contributed by atoms with Gasteiger partial charge in [0.25, 0.3) is 0 Å². The van der Waals surface area contributed by atoms with Crippen molar-refractivity contribution in [2.24, 2.45) is 5.92 Å². The van der Waals surface area contributed by atoms with Crippen LogP contribution in [-0.2, 0) is 0 Å². The van der Waals surface area contributed by atoms with Gasteiger partial charge < -0.3 is 0 Å². The molecule has 0 aromatic rings. The van der Waals surface area contributed by atoms with Crippen LogP contribution in [-0.4, -0.2) is 0 Å². The molecule has 1 atom stereocenters. The highest BCUT2D eigenvalue weighted by Gasteiger charge is 2.16. The normalized spacial score (nSPS) is 13.4. The molecule has 1 unspecified atom stereocenters. The molecule has 0 bridgehead atoms. The van der Waals surface area contributed by atoms with E-state index >= 15 is 0 Å². The molecule has 0 fully saturated rings. The minimum absolute atomic E-state index is 0.918. The Kier molecular flexibility index (Phi) is 10.5.